The number of aryl methyl sites for hydroxylation is 1. The summed E-state index contributed by atoms with van der Waals surface area (Å²) in [5.41, 5.74) is 0.540. The average molecular weight is 435 g/mol. The molecule has 32 heavy (non-hydrogen) atoms. The molecule has 2 aliphatic carbocycles. The van der Waals surface area contributed by atoms with E-state index in [9.17, 15) is 9.90 Å². The van der Waals surface area contributed by atoms with Crippen molar-refractivity contribution in [3.63, 3.8) is 0 Å². The van der Waals surface area contributed by atoms with Crippen molar-refractivity contribution in [3.8, 4) is 5.75 Å². The molecule has 1 amide bonds. The maximum Gasteiger partial charge on any atom is 0.257 e. The number of carbonyl (C=O) groups is 1. The van der Waals surface area contributed by atoms with Crippen LogP contribution in [-0.2, 0) is 10.4 Å². The van der Waals surface area contributed by atoms with Gasteiger partial charge in [-0.25, -0.2) is 0 Å². The number of fused-ring (bicyclic) bond motifs is 1. The Bertz CT molecular complexity index is 914. The summed E-state index contributed by atoms with van der Waals surface area (Å²) in [6, 6.07) is 17.9. The maximum absolute atomic E-state index is 13.4. The van der Waals surface area contributed by atoms with Crippen molar-refractivity contribution in [1.29, 1.82) is 0 Å². The highest BCUT2D eigenvalue weighted by molar-refractivity contribution is 5.87. The van der Waals surface area contributed by atoms with Gasteiger partial charge in [0.05, 0.1) is 0 Å². The lowest BCUT2D eigenvalue weighted by atomic mass is 9.79. The summed E-state index contributed by atoms with van der Waals surface area (Å²) in [7, 11) is 0. The molecule has 0 spiro atoms. The van der Waals surface area contributed by atoms with Gasteiger partial charge in [-0.15, -0.1) is 0 Å². The van der Waals surface area contributed by atoms with Crippen molar-refractivity contribution < 1.29 is 14.6 Å². The van der Waals surface area contributed by atoms with Gasteiger partial charge in [0.1, 0.15) is 12.4 Å². The van der Waals surface area contributed by atoms with Gasteiger partial charge in [0.15, 0.2) is 5.60 Å². The van der Waals surface area contributed by atoms with E-state index in [4.69, 9.17) is 4.74 Å². The SMILES string of the molecule is Cc1ccc(OCCN2CC3C(C2)C3NC(=O)C(O)(c2ccccc2)C2CCCC2)cc1. The van der Waals surface area contributed by atoms with Crippen LogP contribution in [-0.4, -0.2) is 48.2 Å². The minimum atomic E-state index is -1.42. The molecule has 1 aliphatic heterocycles. The van der Waals surface area contributed by atoms with E-state index >= 15 is 0 Å². The van der Waals surface area contributed by atoms with E-state index in [-0.39, 0.29) is 17.9 Å². The van der Waals surface area contributed by atoms with Gasteiger partial charge in [0.2, 0.25) is 0 Å². The topological polar surface area (TPSA) is 61.8 Å². The van der Waals surface area contributed by atoms with Crippen LogP contribution in [0, 0.1) is 24.7 Å². The quantitative estimate of drug-likeness (QED) is 0.668. The molecule has 0 radical (unpaired) electrons. The third kappa shape index (κ3) is 4.16. The Morgan fingerprint density at radius 1 is 1.06 bits per heavy atom. The van der Waals surface area contributed by atoms with E-state index in [1.807, 2.05) is 42.5 Å². The Labute approximate surface area is 190 Å². The summed E-state index contributed by atoms with van der Waals surface area (Å²) in [5, 5.41) is 14.9. The lowest BCUT2D eigenvalue weighted by Gasteiger charge is -2.33. The standard InChI is InChI=1S/C27H34N2O3/c1-19-11-13-22(14-12-19)32-16-15-29-17-23-24(18-29)25(23)28-26(30)27(31,21-9-5-6-10-21)20-7-3-2-4-8-20/h2-4,7-8,11-14,21,23-25,31H,5-6,9-10,15-18H2,1H3,(H,28,30). The summed E-state index contributed by atoms with van der Waals surface area (Å²) >= 11 is 0. The fraction of sp³-hybridized carbons (Fsp3) is 0.519. The first-order valence-electron chi connectivity index (χ1n) is 12.1. The highest BCUT2D eigenvalue weighted by atomic mass is 16.5. The highest BCUT2D eigenvalue weighted by Gasteiger charge is 2.58. The van der Waals surface area contributed by atoms with E-state index in [0.29, 0.717) is 18.4 Å². The van der Waals surface area contributed by atoms with Gasteiger partial charge in [-0.1, -0.05) is 60.9 Å². The summed E-state index contributed by atoms with van der Waals surface area (Å²) in [6.45, 7) is 5.62. The van der Waals surface area contributed by atoms with E-state index in [1.165, 1.54) is 5.56 Å². The Kier molecular flexibility index (Phi) is 5.95. The first-order chi connectivity index (χ1) is 15.6. The molecule has 3 aliphatic rings. The van der Waals surface area contributed by atoms with Gasteiger partial charge in [-0.05, 0) is 49.3 Å². The molecule has 3 atom stereocenters. The number of carbonyl (C=O) groups excluding carboxylic acids is 1. The van der Waals surface area contributed by atoms with Gasteiger partial charge in [-0.3, -0.25) is 9.69 Å². The number of hydrogen-bond donors (Lipinski definition) is 2. The fourth-order valence-corrected chi connectivity index (χ4v) is 5.79. The molecule has 3 unspecified atom stereocenters. The predicted octanol–water partition coefficient (Wildman–Crippen LogP) is 3.50. The maximum atomic E-state index is 13.4. The molecule has 2 saturated carbocycles. The first kappa shape index (κ1) is 21.5. The van der Waals surface area contributed by atoms with Crippen molar-refractivity contribution >= 4 is 5.91 Å². The molecule has 5 rings (SSSR count). The van der Waals surface area contributed by atoms with Crippen LogP contribution in [0.5, 0.6) is 5.75 Å². The number of amides is 1. The second-order valence-electron chi connectivity index (χ2n) is 9.86. The van der Waals surface area contributed by atoms with Crippen LogP contribution >= 0.6 is 0 Å². The van der Waals surface area contributed by atoms with Crippen LogP contribution in [0.2, 0.25) is 0 Å². The number of rotatable bonds is 8. The first-order valence-corrected chi connectivity index (χ1v) is 12.1. The number of hydrogen-bond acceptors (Lipinski definition) is 4. The molecule has 0 bridgehead atoms. The van der Waals surface area contributed by atoms with Crippen molar-refractivity contribution in [1.82, 2.24) is 10.2 Å². The number of piperidine rings is 1. The monoisotopic (exact) mass is 434 g/mol. The molecule has 5 heteroatoms. The second kappa shape index (κ2) is 8.87. The summed E-state index contributed by atoms with van der Waals surface area (Å²) in [4.78, 5) is 15.8. The van der Waals surface area contributed by atoms with Crippen molar-refractivity contribution in [2.24, 2.45) is 17.8 Å². The van der Waals surface area contributed by atoms with Crippen LogP contribution in [0.1, 0.15) is 36.8 Å². The molecule has 1 saturated heterocycles. The number of benzene rings is 2. The van der Waals surface area contributed by atoms with E-state index in [2.05, 4.69) is 29.3 Å². The molecular formula is C27H34N2O3. The Hall–Kier alpha value is -2.37. The Balaban J connectivity index is 1.13. The third-order valence-corrected chi connectivity index (χ3v) is 7.77. The Morgan fingerprint density at radius 2 is 1.72 bits per heavy atom. The second-order valence-corrected chi connectivity index (χ2v) is 9.86. The van der Waals surface area contributed by atoms with Crippen molar-refractivity contribution in [2.75, 3.05) is 26.2 Å². The van der Waals surface area contributed by atoms with Crippen LogP contribution in [0.15, 0.2) is 54.6 Å². The Morgan fingerprint density at radius 3 is 2.38 bits per heavy atom. The van der Waals surface area contributed by atoms with Crippen LogP contribution in [0.3, 0.4) is 0 Å². The average Bonchev–Trinajstić information content (AvgIpc) is 3.23. The van der Waals surface area contributed by atoms with E-state index in [0.717, 1.165) is 56.6 Å². The zero-order valence-corrected chi connectivity index (χ0v) is 18.9. The number of nitrogens with one attached hydrogen (secondary N) is 1. The molecule has 0 aromatic heterocycles. The van der Waals surface area contributed by atoms with Gasteiger partial charge < -0.3 is 15.2 Å². The summed E-state index contributed by atoms with van der Waals surface area (Å²) in [5.74, 6) is 1.68. The van der Waals surface area contributed by atoms with Crippen LogP contribution in [0.25, 0.3) is 0 Å². The van der Waals surface area contributed by atoms with E-state index < -0.39 is 5.60 Å². The number of nitrogens with zero attached hydrogens (tertiary/aromatic N) is 1. The highest BCUT2D eigenvalue weighted by Crippen LogP contribution is 2.47. The zero-order valence-electron chi connectivity index (χ0n) is 18.9. The molecule has 5 nitrogen and oxygen atoms in total. The lowest BCUT2D eigenvalue weighted by molar-refractivity contribution is -0.147. The molecular weight excluding hydrogens is 400 g/mol. The number of aliphatic hydroxyl groups is 1. The summed E-state index contributed by atoms with van der Waals surface area (Å²) in [6.07, 6.45) is 3.99. The number of likely N-dealkylation sites (tertiary alicyclic amines) is 1. The molecule has 2 N–H and O–H groups in total. The third-order valence-electron chi connectivity index (χ3n) is 7.77. The molecule has 1 heterocycles. The van der Waals surface area contributed by atoms with Crippen molar-refractivity contribution in [3.05, 3.63) is 65.7 Å². The van der Waals surface area contributed by atoms with Gasteiger partial charge >= 0.3 is 0 Å². The smallest absolute Gasteiger partial charge is 0.257 e. The predicted molar refractivity (Wildman–Crippen MR) is 124 cm³/mol. The molecule has 3 fully saturated rings. The molecule has 2 aromatic rings. The summed E-state index contributed by atoms with van der Waals surface area (Å²) < 4.78 is 5.87. The molecule has 170 valence electrons. The largest absolute Gasteiger partial charge is 0.492 e. The zero-order chi connectivity index (χ0) is 22.1. The molecule has 2 aromatic carbocycles. The minimum Gasteiger partial charge on any atom is -0.492 e. The normalized spacial score (nSPS) is 27.0. The fourth-order valence-electron chi connectivity index (χ4n) is 5.79. The van der Waals surface area contributed by atoms with Crippen LogP contribution < -0.4 is 10.1 Å². The van der Waals surface area contributed by atoms with Crippen molar-refractivity contribution in [2.45, 2.75) is 44.2 Å². The van der Waals surface area contributed by atoms with Crippen LogP contribution in [0.4, 0.5) is 0 Å². The minimum absolute atomic E-state index is 0.00101. The van der Waals surface area contributed by atoms with Gasteiger partial charge in [-0.2, -0.15) is 0 Å². The van der Waals surface area contributed by atoms with Gasteiger partial charge in [0, 0.05) is 31.6 Å². The lowest BCUT2D eigenvalue weighted by Crippen LogP contribution is -2.51. The van der Waals surface area contributed by atoms with Gasteiger partial charge in [0.25, 0.3) is 5.91 Å². The van der Waals surface area contributed by atoms with E-state index in [1.54, 1.807) is 0 Å². The number of ether oxygens (including phenoxy) is 1.